The average Bonchev–Trinajstić information content (AvgIpc) is 2.04. The van der Waals surface area contributed by atoms with E-state index >= 15 is 0 Å². The molecule has 64 valence electrons. The fourth-order valence-corrected chi connectivity index (χ4v) is 0.691. The van der Waals surface area contributed by atoms with Crippen molar-refractivity contribution in [2.75, 3.05) is 23.8 Å². The predicted octanol–water partition coefficient (Wildman–Crippen LogP) is -0.289. The fraction of sp³-hybridized carbons (Fsp3) is 0.167. The molecule has 6 heteroatoms. The molecule has 0 spiro atoms. The van der Waals surface area contributed by atoms with Gasteiger partial charge in [-0.3, -0.25) is 4.99 Å². The molecule has 0 fully saturated rings. The highest BCUT2D eigenvalue weighted by atomic mass is 15.1. The molecule has 0 radical (unpaired) electrons. The molecular formula is C6H10N6. The van der Waals surface area contributed by atoms with Gasteiger partial charge in [-0.15, -0.1) is 0 Å². The summed E-state index contributed by atoms with van der Waals surface area (Å²) in [6.07, 6.45) is 2.77. The number of aliphatic imine (C=N–C) groups is 1. The van der Waals surface area contributed by atoms with Crippen molar-refractivity contribution in [3.05, 3.63) is 6.33 Å². The van der Waals surface area contributed by atoms with Crippen LogP contribution in [0.1, 0.15) is 0 Å². The number of aromatic nitrogens is 2. The van der Waals surface area contributed by atoms with Crippen molar-refractivity contribution in [2.24, 2.45) is 4.99 Å². The summed E-state index contributed by atoms with van der Waals surface area (Å²) in [5.41, 5.74) is 11.5. The highest BCUT2D eigenvalue weighted by Crippen LogP contribution is 2.19. The molecule has 0 atom stereocenters. The number of nitrogens with one attached hydrogen (secondary N) is 1. The Morgan fingerprint density at radius 3 is 2.50 bits per heavy atom. The van der Waals surface area contributed by atoms with Crippen molar-refractivity contribution < 1.29 is 0 Å². The number of anilines is 3. The third kappa shape index (κ3) is 1.60. The van der Waals surface area contributed by atoms with Crippen LogP contribution in [0.25, 0.3) is 0 Å². The summed E-state index contributed by atoms with van der Waals surface area (Å²) >= 11 is 0. The third-order valence-corrected chi connectivity index (χ3v) is 1.24. The molecular weight excluding hydrogens is 156 g/mol. The standard InChI is InChI=1S/C6H10N6/c1-9-2-10-4-5(7)11-3-12-6(4)8/h2-3H,1H3,(H,9,10)(H4,7,8,11,12). The summed E-state index contributed by atoms with van der Waals surface area (Å²) in [5, 5.41) is 2.76. The zero-order valence-corrected chi connectivity index (χ0v) is 6.65. The number of nitrogens with two attached hydrogens (primary N) is 2. The summed E-state index contributed by atoms with van der Waals surface area (Å²) in [7, 11) is 1.63. The Bertz CT molecular complexity index is 274. The van der Waals surface area contributed by atoms with Crippen molar-refractivity contribution in [3.8, 4) is 0 Å². The minimum atomic E-state index is 0.308. The van der Waals surface area contributed by atoms with E-state index in [4.69, 9.17) is 11.5 Å². The van der Waals surface area contributed by atoms with Gasteiger partial charge in [-0.05, 0) is 0 Å². The first kappa shape index (κ1) is 8.25. The van der Waals surface area contributed by atoms with E-state index in [-0.39, 0.29) is 0 Å². The molecule has 0 aliphatic rings. The van der Waals surface area contributed by atoms with E-state index in [0.717, 1.165) is 0 Å². The fourth-order valence-electron chi connectivity index (χ4n) is 0.691. The lowest BCUT2D eigenvalue weighted by Gasteiger charge is -2.04. The second-order valence-corrected chi connectivity index (χ2v) is 2.05. The van der Waals surface area contributed by atoms with E-state index in [1.165, 1.54) is 12.7 Å². The van der Waals surface area contributed by atoms with Crippen LogP contribution in [0.15, 0.2) is 11.3 Å². The van der Waals surface area contributed by atoms with E-state index in [1.54, 1.807) is 7.05 Å². The molecule has 1 aromatic rings. The lowest BCUT2D eigenvalue weighted by Crippen LogP contribution is -2.06. The maximum atomic E-state index is 5.51. The Balaban J connectivity index is 2.96. The topological polar surface area (TPSA) is 102 Å². The molecule has 0 saturated carbocycles. The second kappa shape index (κ2) is 3.51. The van der Waals surface area contributed by atoms with Crippen LogP contribution in [0.4, 0.5) is 17.3 Å². The zero-order chi connectivity index (χ0) is 8.97. The van der Waals surface area contributed by atoms with Crippen molar-refractivity contribution >= 4 is 23.7 Å². The lowest BCUT2D eigenvalue weighted by molar-refractivity contribution is 1.19. The molecule has 5 N–H and O–H groups in total. The Kier molecular flexibility index (Phi) is 2.42. The summed E-state index contributed by atoms with van der Waals surface area (Å²) < 4.78 is 0. The molecule has 0 bridgehead atoms. The normalized spacial score (nSPS) is 10.4. The van der Waals surface area contributed by atoms with Crippen LogP contribution in [0.2, 0.25) is 0 Å². The first-order valence-corrected chi connectivity index (χ1v) is 3.29. The first-order chi connectivity index (χ1) is 5.75. The third-order valence-electron chi connectivity index (χ3n) is 1.24. The van der Waals surface area contributed by atoms with E-state index in [2.05, 4.69) is 20.3 Å². The quantitative estimate of drug-likeness (QED) is 0.414. The maximum Gasteiger partial charge on any atom is 0.152 e. The van der Waals surface area contributed by atoms with Gasteiger partial charge in [0.05, 0.1) is 6.34 Å². The highest BCUT2D eigenvalue weighted by Gasteiger charge is 2.02. The number of hydrogen-bond donors (Lipinski definition) is 3. The van der Waals surface area contributed by atoms with Crippen LogP contribution >= 0.6 is 0 Å². The van der Waals surface area contributed by atoms with E-state index in [0.29, 0.717) is 17.3 Å². The van der Waals surface area contributed by atoms with Gasteiger partial charge in [0, 0.05) is 7.05 Å². The molecule has 0 aliphatic heterocycles. The van der Waals surface area contributed by atoms with Crippen molar-refractivity contribution in [2.45, 2.75) is 0 Å². The SMILES string of the molecule is CN=CNc1c(N)ncnc1N. The van der Waals surface area contributed by atoms with Gasteiger partial charge < -0.3 is 16.8 Å². The van der Waals surface area contributed by atoms with Crippen LogP contribution in [-0.2, 0) is 0 Å². The van der Waals surface area contributed by atoms with Crippen LogP contribution in [0.5, 0.6) is 0 Å². The van der Waals surface area contributed by atoms with Gasteiger partial charge in [0.15, 0.2) is 11.6 Å². The van der Waals surface area contributed by atoms with Crippen LogP contribution in [0, 0.1) is 0 Å². The van der Waals surface area contributed by atoms with Crippen molar-refractivity contribution in [3.63, 3.8) is 0 Å². The van der Waals surface area contributed by atoms with Gasteiger partial charge in [-0.25, -0.2) is 9.97 Å². The number of nitrogen functional groups attached to an aromatic ring is 2. The summed E-state index contributed by atoms with van der Waals surface area (Å²) in [6, 6.07) is 0. The molecule has 1 aromatic heterocycles. The lowest BCUT2D eigenvalue weighted by atomic mass is 10.4. The molecule has 1 rings (SSSR count). The molecule has 0 aromatic carbocycles. The van der Waals surface area contributed by atoms with Crippen LogP contribution in [0.3, 0.4) is 0 Å². The minimum absolute atomic E-state index is 0.308. The number of hydrogen-bond acceptors (Lipinski definition) is 5. The largest absolute Gasteiger partial charge is 0.382 e. The minimum Gasteiger partial charge on any atom is -0.382 e. The van der Waals surface area contributed by atoms with Gasteiger partial charge in [-0.2, -0.15) is 0 Å². The molecule has 0 unspecified atom stereocenters. The zero-order valence-electron chi connectivity index (χ0n) is 6.65. The summed E-state index contributed by atoms with van der Waals surface area (Å²) in [6.45, 7) is 0. The van der Waals surface area contributed by atoms with Gasteiger partial charge >= 0.3 is 0 Å². The van der Waals surface area contributed by atoms with E-state index < -0.39 is 0 Å². The monoisotopic (exact) mass is 166 g/mol. The molecule has 6 nitrogen and oxygen atoms in total. The van der Waals surface area contributed by atoms with Gasteiger partial charge in [0.25, 0.3) is 0 Å². The Morgan fingerprint density at radius 2 is 2.00 bits per heavy atom. The number of rotatable bonds is 2. The first-order valence-electron chi connectivity index (χ1n) is 3.29. The molecule has 0 aliphatic carbocycles. The predicted molar refractivity (Wildman–Crippen MR) is 48.9 cm³/mol. The average molecular weight is 166 g/mol. The molecule has 1 heterocycles. The van der Waals surface area contributed by atoms with Crippen molar-refractivity contribution in [1.82, 2.24) is 9.97 Å². The number of nitrogens with zero attached hydrogens (tertiary/aromatic N) is 3. The second-order valence-electron chi connectivity index (χ2n) is 2.05. The Hall–Kier alpha value is -1.85. The molecule has 0 amide bonds. The van der Waals surface area contributed by atoms with Crippen molar-refractivity contribution in [1.29, 1.82) is 0 Å². The Labute approximate surface area is 69.7 Å². The van der Waals surface area contributed by atoms with E-state index in [1.807, 2.05) is 0 Å². The summed E-state index contributed by atoms with van der Waals surface area (Å²) in [4.78, 5) is 11.2. The van der Waals surface area contributed by atoms with Gasteiger partial charge in [-0.1, -0.05) is 0 Å². The van der Waals surface area contributed by atoms with Gasteiger partial charge in [0.1, 0.15) is 12.0 Å². The van der Waals surface area contributed by atoms with Crippen LogP contribution in [-0.4, -0.2) is 23.4 Å². The molecule has 12 heavy (non-hydrogen) atoms. The highest BCUT2D eigenvalue weighted by molar-refractivity contribution is 5.86. The van der Waals surface area contributed by atoms with Gasteiger partial charge in [0.2, 0.25) is 0 Å². The smallest absolute Gasteiger partial charge is 0.152 e. The Morgan fingerprint density at radius 1 is 1.42 bits per heavy atom. The maximum absolute atomic E-state index is 5.51. The summed E-state index contributed by atoms with van der Waals surface area (Å²) in [5.74, 6) is 0.616. The molecule has 0 saturated heterocycles. The van der Waals surface area contributed by atoms with E-state index in [9.17, 15) is 0 Å². The van der Waals surface area contributed by atoms with Crippen LogP contribution < -0.4 is 16.8 Å².